The number of ether oxygens (including phenoxy) is 2. The predicted octanol–water partition coefficient (Wildman–Crippen LogP) is 2.82. The van der Waals surface area contributed by atoms with Gasteiger partial charge in [-0.1, -0.05) is 18.9 Å². The molecule has 3 heterocycles. The molecule has 142 valence electrons. The second-order valence-corrected chi connectivity index (χ2v) is 6.93. The van der Waals surface area contributed by atoms with Gasteiger partial charge in [-0.15, -0.1) is 0 Å². The van der Waals surface area contributed by atoms with Crippen LogP contribution in [-0.2, 0) is 6.54 Å². The number of carbonyl (C=O) groups excluding carboxylic acids is 1. The van der Waals surface area contributed by atoms with E-state index in [2.05, 4.69) is 20.2 Å². The highest BCUT2D eigenvalue weighted by molar-refractivity contribution is 5.92. The molecule has 1 aromatic carbocycles. The number of hydrogen-bond donors (Lipinski definition) is 1. The van der Waals surface area contributed by atoms with E-state index in [0.29, 0.717) is 23.8 Å². The van der Waals surface area contributed by atoms with Gasteiger partial charge in [-0.2, -0.15) is 0 Å². The molecule has 7 heteroatoms. The van der Waals surface area contributed by atoms with Crippen LogP contribution in [0.5, 0.6) is 11.5 Å². The molecule has 1 fully saturated rings. The third-order valence-corrected chi connectivity index (χ3v) is 4.88. The summed E-state index contributed by atoms with van der Waals surface area (Å²) in [5.41, 5.74) is 1.36. The van der Waals surface area contributed by atoms with Crippen molar-refractivity contribution < 1.29 is 14.3 Å². The van der Waals surface area contributed by atoms with Gasteiger partial charge in [0.15, 0.2) is 11.5 Å². The Bertz CT molecular complexity index is 832. The van der Waals surface area contributed by atoms with Crippen LogP contribution in [0.1, 0.15) is 47.6 Å². The molecule has 0 atom stereocenters. The van der Waals surface area contributed by atoms with E-state index in [0.717, 1.165) is 43.1 Å². The number of benzene rings is 1. The maximum absolute atomic E-state index is 12.6. The molecule has 27 heavy (non-hydrogen) atoms. The van der Waals surface area contributed by atoms with Crippen molar-refractivity contribution in [2.75, 3.05) is 24.8 Å². The molecule has 7 nitrogen and oxygen atoms in total. The monoisotopic (exact) mass is 368 g/mol. The third-order valence-electron chi connectivity index (χ3n) is 4.88. The van der Waals surface area contributed by atoms with E-state index in [9.17, 15) is 4.79 Å². The summed E-state index contributed by atoms with van der Waals surface area (Å²) in [7, 11) is 0. The molecular weight excluding hydrogens is 344 g/mol. The van der Waals surface area contributed by atoms with Crippen molar-refractivity contribution in [3.63, 3.8) is 0 Å². The minimum atomic E-state index is -0.200. The lowest BCUT2D eigenvalue weighted by Gasteiger charge is -2.22. The number of anilines is 1. The second-order valence-electron chi connectivity index (χ2n) is 6.93. The Morgan fingerprint density at radius 3 is 2.67 bits per heavy atom. The van der Waals surface area contributed by atoms with Gasteiger partial charge in [-0.25, -0.2) is 9.97 Å². The van der Waals surface area contributed by atoms with Crippen molar-refractivity contribution in [3.05, 3.63) is 41.3 Å². The molecule has 0 spiro atoms. The normalized spacial score (nSPS) is 16.1. The zero-order valence-electron chi connectivity index (χ0n) is 15.5. The first-order chi connectivity index (χ1) is 13.2. The molecule has 2 aromatic rings. The molecule has 0 unspecified atom stereocenters. The number of nitrogens with zero attached hydrogens (tertiary/aromatic N) is 3. The molecule has 1 amide bonds. The summed E-state index contributed by atoms with van der Waals surface area (Å²) in [5.74, 6) is 2.71. The van der Waals surface area contributed by atoms with Crippen LogP contribution in [0.4, 0.5) is 5.82 Å². The Kier molecular flexibility index (Phi) is 5.09. The number of amides is 1. The smallest absolute Gasteiger partial charge is 0.270 e. The first kappa shape index (κ1) is 17.6. The topological polar surface area (TPSA) is 76.6 Å². The second kappa shape index (κ2) is 7.82. The van der Waals surface area contributed by atoms with E-state index in [1.165, 1.54) is 12.8 Å². The lowest BCUT2D eigenvalue weighted by Crippen LogP contribution is -2.28. The molecular formula is C20H24N4O3. The maximum Gasteiger partial charge on any atom is 0.270 e. The highest BCUT2D eigenvalue weighted by Gasteiger charge is 2.17. The summed E-state index contributed by atoms with van der Waals surface area (Å²) in [4.78, 5) is 23.8. The fourth-order valence-corrected chi connectivity index (χ4v) is 3.45. The molecule has 0 radical (unpaired) electrons. The Hall–Kier alpha value is -2.83. The highest BCUT2D eigenvalue weighted by Crippen LogP contribution is 2.32. The van der Waals surface area contributed by atoms with Crippen LogP contribution >= 0.6 is 0 Å². The summed E-state index contributed by atoms with van der Waals surface area (Å²) in [6.07, 6.45) is 4.83. The van der Waals surface area contributed by atoms with E-state index in [4.69, 9.17) is 9.47 Å². The van der Waals surface area contributed by atoms with E-state index < -0.39 is 0 Å². The Morgan fingerprint density at radius 1 is 1.07 bits per heavy atom. The number of fused-ring (bicyclic) bond motifs is 1. The Balaban J connectivity index is 1.45. The number of nitrogens with one attached hydrogen (secondary N) is 1. The summed E-state index contributed by atoms with van der Waals surface area (Å²) in [5, 5.41) is 2.93. The molecule has 1 saturated heterocycles. The molecule has 4 rings (SSSR count). The van der Waals surface area contributed by atoms with Crippen molar-refractivity contribution in [2.24, 2.45) is 0 Å². The zero-order valence-corrected chi connectivity index (χ0v) is 15.5. The van der Waals surface area contributed by atoms with Crippen LogP contribution in [0.15, 0.2) is 24.3 Å². The molecule has 0 aliphatic carbocycles. The third kappa shape index (κ3) is 4.13. The Morgan fingerprint density at radius 2 is 1.85 bits per heavy atom. The fraction of sp³-hybridized carbons (Fsp3) is 0.450. The number of rotatable bonds is 4. The van der Waals surface area contributed by atoms with Crippen molar-refractivity contribution in [3.8, 4) is 11.5 Å². The van der Waals surface area contributed by atoms with Crippen LogP contribution in [0, 0.1) is 6.92 Å². The van der Waals surface area contributed by atoms with Crippen molar-refractivity contribution in [1.29, 1.82) is 0 Å². The predicted molar refractivity (Wildman–Crippen MR) is 101 cm³/mol. The minimum Gasteiger partial charge on any atom is -0.454 e. The van der Waals surface area contributed by atoms with Gasteiger partial charge < -0.3 is 19.7 Å². The first-order valence-corrected chi connectivity index (χ1v) is 9.46. The largest absolute Gasteiger partial charge is 0.454 e. The summed E-state index contributed by atoms with van der Waals surface area (Å²) < 4.78 is 10.7. The molecule has 1 N–H and O–H groups in total. The van der Waals surface area contributed by atoms with Crippen LogP contribution in [0.25, 0.3) is 0 Å². The number of aryl methyl sites for hydroxylation is 1. The molecule has 0 bridgehead atoms. The average Bonchev–Trinajstić information content (AvgIpc) is 2.97. The molecule has 0 saturated carbocycles. The minimum absolute atomic E-state index is 0.200. The van der Waals surface area contributed by atoms with Gasteiger partial charge in [0, 0.05) is 25.7 Å². The van der Waals surface area contributed by atoms with Gasteiger partial charge in [0.1, 0.15) is 17.3 Å². The standard InChI is InChI=1S/C20H24N4O3/c1-14-22-16(11-19(23-14)24-8-4-2-3-5-9-24)20(25)21-12-15-6-7-17-18(10-15)27-13-26-17/h6-7,10-11H,2-5,8-9,12-13H2,1H3,(H,21,25). The lowest BCUT2D eigenvalue weighted by molar-refractivity contribution is 0.0945. The van der Waals surface area contributed by atoms with Crippen LogP contribution < -0.4 is 19.7 Å². The summed E-state index contributed by atoms with van der Waals surface area (Å²) >= 11 is 0. The highest BCUT2D eigenvalue weighted by atomic mass is 16.7. The molecule has 2 aliphatic rings. The maximum atomic E-state index is 12.6. The SMILES string of the molecule is Cc1nc(C(=O)NCc2ccc3c(c2)OCO3)cc(N2CCCCCC2)n1. The quantitative estimate of drug-likeness (QED) is 0.894. The van der Waals surface area contributed by atoms with E-state index >= 15 is 0 Å². The molecule has 1 aromatic heterocycles. The van der Waals surface area contributed by atoms with E-state index in [-0.39, 0.29) is 12.7 Å². The van der Waals surface area contributed by atoms with Crippen LogP contribution in [-0.4, -0.2) is 35.8 Å². The van der Waals surface area contributed by atoms with Crippen LogP contribution in [0.2, 0.25) is 0 Å². The van der Waals surface area contributed by atoms with Crippen molar-refractivity contribution in [2.45, 2.75) is 39.2 Å². The number of carbonyl (C=O) groups is 1. The lowest BCUT2D eigenvalue weighted by atomic mass is 10.2. The Labute approximate surface area is 158 Å². The van der Waals surface area contributed by atoms with Gasteiger partial charge in [-0.05, 0) is 37.5 Å². The van der Waals surface area contributed by atoms with Crippen molar-refractivity contribution in [1.82, 2.24) is 15.3 Å². The van der Waals surface area contributed by atoms with E-state index in [1.54, 1.807) is 6.07 Å². The summed E-state index contributed by atoms with van der Waals surface area (Å²) in [6.45, 7) is 4.43. The van der Waals surface area contributed by atoms with Gasteiger partial charge >= 0.3 is 0 Å². The molecule has 2 aliphatic heterocycles. The van der Waals surface area contributed by atoms with Gasteiger partial charge in [0.2, 0.25) is 6.79 Å². The summed E-state index contributed by atoms with van der Waals surface area (Å²) in [6, 6.07) is 7.46. The van der Waals surface area contributed by atoms with Crippen molar-refractivity contribution >= 4 is 11.7 Å². The van der Waals surface area contributed by atoms with Crippen LogP contribution in [0.3, 0.4) is 0 Å². The van der Waals surface area contributed by atoms with Gasteiger partial charge in [-0.3, -0.25) is 4.79 Å². The van der Waals surface area contributed by atoms with E-state index in [1.807, 2.05) is 25.1 Å². The number of hydrogen-bond acceptors (Lipinski definition) is 6. The average molecular weight is 368 g/mol. The number of aromatic nitrogens is 2. The first-order valence-electron chi connectivity index (χ1n) is 9.46. The fourth-order valence-electron chi connectivity index (χ4n) is 3.45. The van der Waals surface area contributed by atoms with Gasteiger partial charge in [0.25, 0.3) is 5.91 Å². The zero-order chi connectivity index (χ0) is 18.6. The van der Waals surface area contributed by atoms with Gasteiger partial charge in [0.05, 0.1) is 0 Å².